The van der Waals surface area contributed by atoms with Crippen LogP contribution in [-0.4, -0.2) is 17.0 Å². The van der Waals surface area contributed by atoms with E-state index in [1.807, 2.05) is 61.7 Å². The summed E-state index contributed by atoms with van der Waals surface area (Å²) in [5, 5.41) is 2.01. The zero-order valence-electron chi connectivity index (χ0n) is 14.3. The van der Waals surface area contributed by atoms with Crippen LogP contribution in [0.2, 0.25) is 0 Å². The lowest BCUT2D eigenvalue weighted by molar-refractivity contribution is 0.0984. The lowest BCUT2D eigenvalue weighted by atomic mass is 10.2. The molecule has 0 aliphatic carbocycles. The quantitative estimate of drug-likeness (QED) is 0.641. The molecule has 0 radical (unpaired) electrons. The molecule has 0 spiro atoms. The van der Waals surface area contributed by atoms with Crippen LogP contribution < -0.4 is 9.64 Å². The molecule has 0 aliphatic heterocycles. The van der Waals surface area contributed by atoms with Crippen LogP contribution in [0.15, 0.2) is 66.2 Å². The Morgan fingerprint density at radius 1 is 1.12 bits per heavy atom. The maximum atomic E-state index is 13.1. The van der Waals surface area contributed by atoms with Crippen LogP contribution in [0, 0.1) is 0 Å². The van der Waals surface area contributed by atoms with E-state index in [9.17, 15) is 4.79 Å². The number of ether oxygens (including phenoxy) is 1. The van der Waals surface area contributed by atoms with Gasteiger partial charge in [0.1, 0.15) is 11.6 Å². The van der Waals surface area contributed by atoms with E-state index >= 15 is 0 Å². The summed E-state index contributed by atoms with van der Waals surface area (Å²) in [6.07, 6.45) is 1.80. The molecule has 0 N–H and O–H groups in total. The average Bonchev–Trinajstić information content (AvgIpc) is 3.13. The molecule has 3 rings (SSSR count). The predicted molar refractivity (Wildman–Crippen MR) is 101 cm³/mol. The Morgan fingerprint density at radius 3 is 2.52 bits per heavy atom. The molecule has 0 bridgehead atoms. The van der Waals surface area contributed by atoms with Crippen molar-refractivity contribution in [1.82, 2.24) is 4.98 Å². The molecule has 0 fully saturated rings. The summed E-state index contributed by atoms with van der Waals surface area (Å²) in [6.45, 7) is 4.45. The molecule has 0 atom stereocenters. The third-order valence-corrected chi connectivity index (χ3v) is 4.40. The van der Waals surface area contributed by atoms with E-state index in [4.69, 9.17) is 4.74 Å². The van der Waals surface area contributed by atoms with Crippen molar-refractivity contribution in [3.8, 4) is 5.75 Å². The minimum absolute atomic E-state index is 0.0804. The minimum Gasteiger partial charge on any atom is -0.491 e. The van der Waals surface area contributed by atoms with Gasteiger partial charge in [0.15, 0.2) is 0 Å². The number of nitrogens with zero attached hydrogens (tertiary/aromatic N) is 2. The van der Waals surface area contributed by atoms with E-state index in [0.717, 1.165) is 10.6 Å². The Balaban J connectivity index is 1.86. The highest BCUT2D eigenvalue weighted by Gasteiger charge is 2.19. The minimum atomic E-state index is -0.0804. The van der Waals surface area contributed by atoms with Gasteiger partial charge >= 0.3 is 0 Å². The van der Waals surface area contributed by atoms with E-state index in [0.29, 0.717) is 17.9 Å². The van der Waals surface area contributed by atoms with Crippen molar-refractivity contribution in [3.63, 3.8) is 0 Å². The summed E-state index contributed by atoms with van der Waals surface area (Å²) in [7, 11) is 0. The van der Waals surface area contributed by atoms with Gasteiger partial charge in [-0.1, -0.05) is 12.1 Å². The number of anilines is 1. The monoisotopic (exact) mass is 352 g/mol. The molecular formula is C20H20N2O2S. The predicted octanol–water partition coefficient (Wildman–Crippen LogP) is 4.78. The first-order valence-corrected chi connectivity index (χ1v) is 9.03. The molecule has 1 amide bonds. The number of carbonyl (C=O) groups is 1. The van der Waals surface area contributed by atoms with E-state index < -0.39 is 0 Å². The first-order chi connectivity index (χ1) is 12.1. The van der Waals surface area contributed by atoms with Gasteiger partial charge in [-0.25, -0.2) is 4.98 Å². The van der Waals surface area contributed by atoms with Gasteiger partial charge < -0.3 is 4.74 Å². The van der Waals surface area contributed by atoms with Gasteiger partial charge in [-0.05, 0) is 61.7 Å². The number of carbonyl (C=O) groups excluding carboxylic acids is 1. The Morgan fingerprint density at radius 2 is 1.92 bits per heavy atom. The summed E-state index contributed by atoms with van der Waals surface area (Å²) in [5.41, 5.74) is 0.610. The number of benzene rings is 1. The standard InChI is InChI=1S/C20H20N2O2S/c1-15(2)24-17-10-8-16(9-11-17)20(23)22(14-18-6-5-13-25-18)19-7-3-4-12-21-19/h3-13,15H,14H2,1-2H3. The Labute approximate surface area is 151 Å². The van der Waals surface area contributed by atoms with Gasteiger partial charge in [-0.3, -0.25) is 9.69 Å². The third-order valence-electron chi connectivity index (χ3n) is 3.54. The van der Waals surface area contributed by atoms with Gasteiger partial charge in [0, 0.05) is 16.6 Å². The van der Waals surface area contributed by atoms with Gasteiger partial charge in [0.2, 0.25) is 0 Å². The van der Waals surface area contributed by atoms with Crippen LogP contribution in [-0.2, 0) is 6.54 Å². The molecule has 25 heavy (non-hydrogen) atoms. The summed E-state index contributed by atoms with van der Waals surface area (Å²) in [5.74, 6) is 1.32. The number of hydrogen-bond donors (Lipinski definition) is 0. The van der Waals surface area contributed by atoms with Gasteiger partial charge in [0.05, 0.1) is 12.6 Å². The van der Waals surface area contributed by atoms with Crippen LogP contribution in [0.5, 0.6) is 5.75 Å². The number of hydrogen-bond acceptors (Lipinski definition) is 4. The summed E-state index contributed by atoms with van der Waals surface area (Å²) < 4.78 is 5.64. The summed E-state index contributed by atoms with van der Waals surface area (Å²) >= 11 is 1.63. The Kier molecular flexibility index (Phi) is 5.46. The van der Waals surface area contributed by atoms with Crippen LogP contribution in [0.4, 0.5) is 5.82 Å². The van der Waals surface area contributed by atoms with Gasteiger partial charge in [-0.2, -0.15) is 0 Å². The molecule has 2 aromatic heterocycles. The molecule has 3 aromatic rings. The Hall–Kier alpha value is -2.66. The second-order valence-corrected chi connectivity index (χ2v) is 6.88. The highest BCUT2D eigenvalue weighted by molar-refractivity contribution is 7.09. The summed E-state index contributed by atoms with van der Waals surface area (Å²) in [4.78, 5) is 20.2. The number of thiophene rings is 1. The van der Waals surface area contributed by atoms with Crippen LogP contribution in [0.3, 0.4) is 0 Å². The maximum Gasteiger partial charge on any atom is 0.259 e. The molecule has 1 aromatic carbocycles. The van der Waals surface area contributed by atoms with Crippen molar-refractivity contribution in [2.45, 2.75) is 26.5 Å². The second-order valence-electron chi connectivity index (χ2n) is 5.85. The zero-order chi connectivity index (χ0) is 17.6. The zero-order valence-corrected chi connectivity index (χ0v) is 15.1. The van der Waals surface area contributed by atoms with Gasteiger partial charge in [0.25, 0.3) is 5.91 Å². The van der Waals surface area contributed by atoms with Gasteiger partial charge in [-0.15, -0.1) is 11.3 Å². The number of aromatic nitrogens is 1. The van der Waals surface area contributed by atoms with Crippen LogP contribution in [0.1, 0.15) is 29.1 Å². The molecule has 0 aliphatic rings. The fourth-order valence-electron chi connectivity index (χ4n) is 2.43. The normalized spacial score (nSPS) is 10.7. The third kappa shape index (κ3) is 4.45. The van der Waals surface area contributed by atoms with E-state index in [1.165, 1.54) is 0 Å². The van der Waals surface area contributed by atoms with Crippen molar-refractivity contribution in [2.24, 2.45) is 0 Å². The average molecular weight is 352 g/mol. The van der Waals surface area contributed by atoms with Crippen molar-refractivity contribution >= 4 is 23.1 Å². The fraction of sp³-hybridized carbons (Fsp3) is 0.200. The molecule has 0 saturated carbocycles. The van der Waals surface area contributed by atoms with Crippen molar-refractivity contribution in [2.75, 3.05) is 4.90 Å². The van der Waals surface area contributed by atoms with Crippen molar-refractivity contribution in [3.05, 3.63) is 76.6 Å². The second kappa shape index (κ2) is 7.94. The molecule has 5 heteroatoms. The van der Waals surface area contributed by atoms with Crippen LogP contribution in [0.25, 0.3) is 0 Å². The molecule has 4 nitrogen and oxygen atoms in total. The summed E-state index contributed by atoms with van der Waals surface area (Å²) in [6, 6.07) is 16.8. The van der Waals surface area contributed by atoms with E-state index in [2.05, 4.69) is 4.98 Å². The number of rotatable bonds is 6. The highest BCUT2D eigenvalue weighted by Crippen LogP contribution is 2.21. The van der Waals surface area contributed by atoms with E-state index in [1.54, 1.807) is 34.6 Å². The topological polar surface area (TPSA) is 42.4 Å². The van der Waals surface area contributed by atoms with Crippen LogP contribution >= 0.6 is 11.3 Å². The molecule has 0 saturated heterocycles. The Bertz CT molecular complexity index is 799. The highest BCUT2D eigenvalue weighted by atomic mass is 32.1. The smallest absolute Gasteiger partial charge is 0.259 e. The SMILES string of the molecule is CC(C)Oc1ccc(C(=O)N(Cc2cccs2)c2ccccn2)cc1. The number of amides is 1. The molecule has 128 valence electrons. The van der Waals surface area contributed by atoms with E-state index in [-0.39, 0.29) is 12.0 Å². The van der Waals surface area contributed by atoms with Crippen molar-refractivity contribution in [1.29, 1.82) is 0 Å². The molecular weight excluding hydrogens is 332 g/mol. The lowest BCUT2D eigenvalue weighted by Gasteiger charge is -2.21. The lowest BCUT2D eigenvalue weighted by Crippen LogP contribution is -2.30. The fourth-order valence-corrected chi connectivity index (χ4v) is 3.13. The maximum absolute atomic E-state index is 13.1. The number of pyridine rings is 1. The van der Waals surface area contributed by atoms with Crippen molar-refractivity contribution < 1.29 is 9.53 Å². The molecule has 2 heterocycles. The first kappa shape index (κ1) is 17.2. The largest absolute Gasteiger partial charge is 0.491 e. The molecule has 0 unspecified atom stereocenters. The first-order valence-electron chi connectivity index (χ1n) is 8.15.